The summed E-state index contributed by atoms with van der Waals surface area (Å²) in [7, 11) is 1.87. The number of carbonyl (C=O) groups is 1. The molecule has 0 atom stereocenters. The minimum atomic E-state index is 0.0836. The summed E-state index contributed by atoms with van der Waals surface area (Å²) in [5.41, 5.74) is 6.10. The SMILES string of the molecule is CCCN(CC(=O)N(C)CC)C1(CN)CCCC1. The highest BCUT2D eigenvalue weighted by molar-refractivity contribution is 5.78. The Morgan fingerprint density at radius 3 is 2.33 bits per heavy atom. The van der Waals surface area contributed by atoms with Crippen molar-refractivity contribution >= 4 is 5.91 Å². The smallest absolute Gasteiger partial charge is 0.236 e. The molecule has 0 unspecified atom stereocenters. The molecule has 0 aliphatic heterocycles. The number of nitrogens with two attached hydrogens (primary N) is 1. The normalized spacial score (nSPS) is 18.3. The van der Waals surface area contributed by atoms with Gasteiger partial charge in [0.25, 0.3) is 0 Å². The molecule has 0 aromatic carbocycles. The third-order valence-electron chi connectivity index (χ3n) is 4.30. The Morgan fingerprint density at radius 2 is 1.89 bits per heavy atom. The van der Waals surface area contributed by atoms with Crippen LogP contribution in [0.25, 0.3) is 0 Å². The van der Waals surface area contributed by atoms with Crippen LogP contribution < -0.4 is 5.73 Å². The van der Waals surface area contributed by atoms with Crippen LogP contribution in [0.2, 0.25) is 0 Å². The van der Waals surface area contributed by atoms with E-state index in [0.29, 0.717) is 13.1 Å². The number of carbonyl (C=O) groups excluding carboxylic acids is 1. The van der Waals surface area contributed by atoms with Crippen molar-refractivity contribution in [1.82, 2.24) is 9.80 Å². The van der Waals surface area contributed by atoms with Crippen molar-refractivity contribution in [1.29, 1.82) is 0 Å². The fraction of sp³-hybridized carbons (Fsp3) is 0.929. The quantitative estimate of drug-likeness (QED) is 0.749. The summed E-state index contributed by atoms with van der Waals surface area (Å²) in [5, 5.41) is 0. The van der Waals surface area contributed by atoms with E-state index in [1.807, 2.05) is 14.0 Å². The highest BCUT2D eigenvalue weighted by Crippen LogP contribution is 2.34. The molecule has 1 amide bonds. The second-order valence-electron chi connectivity index (χ2n) is 5.47. The van der Waals surface area contributed by atoms with Crippen LogP contribution in [0.5, 0.6) is 0 Å². The summed E-state index contributed by atoms with van der Waals surface area (Å²) in [4.78, 5) is 16.3. The maximum Gasteiger partial charge on any atom is 0.236 e. The van der Waals surface area contributed by atoms with E-state index in [1.165, 1.54) is 12.8 Å². The molecule has 2 N–H and O–H groups in total. The Kier molecular flexibility index (Phi) is 6.09. The zero-order chi connectivity index (χ0) is 13.6. The molecule has 1 aliphatic carbocycles. The van der Waals surface area contributed by atoms with E-state index in [-0.39, 0.29) is 11.4 Å². The molecular formula is C14H29N3O. The van der Waals surface area contributed by atoms with Crippen molar-refractivity contribution in [2.24, 2.45) is 5.73 Å². The third-order valence-corrected chi connectivity index (χ3v) is 4.30. The van der Waals surface area contributed by atoms with Crippen molar-refractivity contribution in [2.75, 3.05) is 33.2 Å². The van der Waals surface area contributed by atoms with E-state index in [9.17, 15) is 4.79 Å². The van der Waals surface area contributed by atoms with Crippen LogP contribution in [0.4, 0.5) is 0 Å². The van der Waals surface area contributed by atoms with E-state index >= 15 is 0 Å². The molecule has 4 nitrogen and oxygen atoms in total. The lowest BCUT2D eigenvalue weighted by Gasteiger charge is -2.40. The summed E-state index contributed by atoms with van der Waals surface area (Å²) in [5.74, 6) is 0.214. The zero-order valence-corrected chi connectivity index (χ0v) is 12.2. The predicted octanol–water partition coefficient (Wildman–Crippen LogP) is 1.45. The summed E-state index contributed by atoms with van der Waals surface area (Å²) >= 11 is 0. The molecule has 4 heteroatoms. The van der Waals surface area contributed by atoms with Crippen LogP contribution >= 0.6 is 0 Å². The van der Waals surface area contributed by atoms with Gasteiger partial charge < -0.3 is 10.6 Å². The van der Waals surface area contributed by atoms with Crippen molar-refractivity contribution in [3.63, 3.8) is 0 Å². The van der Waals surface area contributed by atoms with Crippen molar-refractivity contribution in [3.05, 3.63) is 0 Å². The lowest BCUT2D eigenvalue weighted by molar-refractivity contribution is -0.132. The predicted molar refractivity (Wildman–Crippen MR) is 75.4 cm³/mol. The third kappa shape index (κ3) is 3.45. The van der Waals surface area contributed by atoms with Gasteiger partial charge in [-0.2, -0.15) is 0 Å². The first-order valence-corrected chi connectivity index (χ1v) is 7.28. The average Bonchev–Trinajstić information content (AvgIpc) is 2.87. The van der Waals surface area contributed by atoms with Crippen molar-refractivity contribution < 1.29 is 4.79 Å². The Balaban J connectivity index is 2.72. The Bertz CT molecular complexity index is 262. The van der Waals surface area contributed by atoms with Gasteiger partial charge >= 0.3 is 0 Å². The highest BCUT2D eigenvalue weighted by atomic mass is 16.2. The maximum atomic E-state index is 12.1. The van der Waals surface area contributed by atoms with Gasteiger partial charge in [0.2, 0.25) is 5.91 Å². The van der Waals surface area contributed by atoms with Gasteiger partial charge in [-0.3, -0.25) is 9.69 Å². The molecule has 1 saturated carbocycles. The van der Waals surface area contributed by atoms with E-state index in [4.69, 9.17) is 5.73 Å². The van der Waals surface area contributed by atoms with Gasteiger partial charge in [-0.15, -0.1) is 0 Å². The van der Waals surface area contributed by atoms with Gasteiger partial charge in [0.1, 0.15) is 0 Å². The number of nitrogens with zero attached hydrogens (tertiary/aromatic N) is 2. The lowest BCUT2D eigenvalue weighted by Crippen LogP contribution is -2.55. The molecule has 0 bridgehead atoms. The zero-order valence-electron chi connectivity index (χ0n) is 12.2. The van der Waals surface area contributed by atoms with Crippen LogP contribution in [-0.4, -0.2) is 54.5 Å². The summed E-state index contributed by atoms with van der Waals surface area (Å²) < 4.78 is 0. The van der Waals surface area contributed by atoms with Crippen molar-refractivity contribution in [3.8, 4) is 0 Å². The molecule has 1 rings (SSSR count). The van der Waals surface area contributed by atoms with Gasteiger partial charge in [0, 0.05) is 25.7 Å². The number of hydrogen-bond donors (Lipinski definition) is 1. The Morgan fingerprint density at radius 1 is 1.28 bits per heavy atom. The first-order valence-electron chi connectivity index (χ1n) is 7.28. The van der Waals surface area contributed by atoms with E-state index in [0.717, 1.165) is 32.4 Å². The van der Waals surface area contributed by atoms with Crippen LogP contribution in [0.3, 0.4) is 0 Å². The van der Waals surface area contributed by atoms with Gasteiger partial charge in [0.05, 0.1) is 6.54 Å². The van der Waals surface area contributed by atoms with Gasteiger partial charge in [-0.1, -0.05) is 19.8 Å². The second-order valence-corrected chi connectivity index (χ2v) is 5.47. The van der Waals surface area contributed by atoms with Gasteiger partial charge in [0.15, 0.2) is 0 Å². The Labute approximate surface area is 111 Å². The minimum absolute atomic E-state index is 0.0836. The molecule has 0 saturated heterocycles. The molecule has 1 aliphatic rings. The topological polar surface area (TPSA) is 49.6 Å². The molecule has 18 heavy (non-hydrogen) atoms. The monoisotopic (exact) mass is 255 g/mol. The van der Waals surface area contributed by atoms with Crippen molar-refractivity contribution in [2.45, 2.75) is 51.5 Å². The number of rotatable bonds is 7. The Hall–Kier alpha value is -0.610. The van der Waals surface area contributed by atoms with E-state index in [2.05, 4.69) is 11.8 Å². The highest BCUT2D eigenvalue weighted by Gasteiger charge is 2.38. The standard InChI is InChI=1S/C14H29N3O/c1-4-10-17(11-13(18)16(3)5-2)14(12-15)8-6-7-9-14/h4-12,15H2,1-3H3. The van der Waals surface area contributed by atoms with Crippen LogP contribution in [0.15, 0.2) is 0 Å². The summed E-state index contributed by atoms with van der Waals surface area (Å²) in [6.45, 7) is 7.12. The summed E-state index contributed by atoms with van der Waals surface area (Å²) in [6.07, 6.45) is 5.86. The molecule has 0 aromatic rings. The summed E-state index contributed by atoms with van der Waals surface area (Å²) in [6, 6.07) is 0. The number of hydrogen-bond acceptors (Lipinski definition) is 3. The first-order chi connectivity index (χ1) is 8.59. The van der Waals surface area contributed by atoms with E-state index < -0.39 is 0 Å². The largest absolute Gasteiger partial charge is 0.345 e. The molecule has 0 aromatic heterocycles. The maximum absolute atomic E-state index is 12.1. The fourth-order valence-electron chi connectivity index (χ4n) is 2.90. The number of amides is 1. The fourth-order valence-corrected chi connectivity index (χ4v) is 2.90. The number of likely N-dealkylation sites (N-methyl/N-ethyl adjacent to an activating group) is 1. The molecule has 0 heterocycles. The molecule has 106 valence electrons. The molecule has 0 spiro atoms. The lowest BCUT2D eigenvalue weighted by atomic mass is 9.94. The van der Waals surface area contributed by atoms with Gasteiger partial charge in [-0.25, -0.2) is 0 Å². The van der Waals surface area contributed by atoms with Gasteiger partial charge in [-0.05, 0) is 32.7 Å². The second kappa shape index (κ2) is 7.10. The van der Waals surface area contributed by atoms with Crippen LogP contribution in [-0.2, 0) is 4.79 Å². The first kappa shape index (κ1) is 15.4. The molecular weight excluding hydrogens is 226 g/mol. The minimum Gasteiger partial charge on any atom is -0.345 e. The molecule has 1 fully saturated rings. The van der Waals surface area contributed by atoms with Crippen LogP contribution in [0, 0.1) is 0 Å². The average molecular weight is 255 g/mol. The van der Waals surface area contributed by atoms with Crippen LogP contribution in [0.1, 0.15) is 46.0 Å². The molecule has 0 radical (unpaired) electrons. The van der Waals surface area contributed by atoms with E-state index in [1.54, 1.807) is 4.90 Å².